The topological polar surface area (TPSA) is 25.8 Å². The van der Waals surface area contributed by atoms with Crippen molar-refractivity contribution in [3.05, 3.63) is 42.2 Å². The minimum atomic E-state index is 0.523. The Morgan fingerprint density at radius 3 is 2.75 bits per heavy atom. The predicted molar refractivity (Wildman–Crippen MR) is 73.6 cm³/mol. The van der Waals surface area contributed by atoms with E-state index in [1.54, 1.807) is 18.1 Å². The van der Waals surface area contributed by atoms with Crippen LogP contribution in [-0.4, -0.2) is 20.4 Å². The molecule has 0 amide bonds. The van der Waals surface area contributed by atoms with Gasteiger partial charge in [0.15, 0.2) is 4.34 Å². The van der Waals surface area contributed by atoms with Gasteiger partial charge in [-0.05, 0) is 17.1 Å². The van der Waals surface area contributed by atoms with E-state index in [2.05, 4.69) is 49.6 Å². The van der Waals surface area contributed by atoms with E-state index in [1.165, 1.54) is 17.1 Å². The summed E-state index contributed by atoms with van der Waals surface area (Å²) >= 11 is 6.80. The van der Waals surface area contributed by atoms with Gasteiger partial charge in [-0.2, -0.15) is 4.37 Å². The first-order chi connectivity index (χ1) is 7.90. The Morgan fingerprint density at radius 1 is 1.31 bits per heavy atom. The molecule has 16 heavy (non-hydrogen) atoms. The van der Waals surface area contributed by atoms with Crippen LogP contribution >= 0.6 is 39.2 Å². The monoisotopic (exact) mass is 314 g/mol. The number of aromatic nitrogens is 2. The summed E-state index contributed by atoms with van der Waals surface area (Å²) in [7, 11) is 0. The normalized spacial score (nSPS) is 12.6. The molecule has 84 valence electrons. The first kappa shape index (κ1) is 12.1. The summed E-state index contributed by atoms with van der Waals surface area (Å²) in [4.78, 5) is 4.17. The Hall–Kier alpha value is -0.390. The number of benzene rings is 1. The maximum absolute atomic E-state index is 4.17. The van der Waals surface area contributed by atoms with Crippen molar-refractivity contribution in [3.63, 3.8) is 0 Å². The van der Waals surface area contributed by atoms with Gasteiger partial charge < -0.3 is 0 Å². The van der Waals surface area contributed by atoms with Gasteiger partial charge in [0.2, 0.25) is 0 Å². The smallest absolute Gasteiger partial charge is 0.169 e. The quantitative estimate of drug-likeness (QED) is 0.620. The Balaban J connectivity index is 1.96. The zero-order chi connectivity index (χ0) is 11.2. The average Bonchev–Trinajstić information content (AvgIpc) is 2.84. The van der Waals surface area contributed by atoms with Crippen LogP contribution in [0.15, 0.2) is 41.0 Å². The van der Waals surface area contributed by atoms with Crippen LogP contribution in [0.4, 0.5) is 0 Å². The highest BCUT2D eigenvalue weighted by molar-refractivity contribution is 9.09. The maximum atomic E-state index is 4.17. The number of thioether (sulfide) groups is 1. The van der Waals surface area contributed by atoms with Crippen LogP contribution in [-0.2, 0) is 0 Å². The summed E-state index contributed by atoms with van der Waals surface area (Å²) in [5, 5.41) is 0.975. The second kappa shape index (κ2) is 6.37. The second-order valence-corrected chi connectivity index (χ2v) is 5.97. The highest BCUT2D eigenvalue weighted by Gasteiger charge is 2.11. The molecule has 5 heteroatoms. The molecule has 2 rings (SSSR count). The number of alkyl halides is 1. The molecule has 0 saturated heterocycles. The van der Waals surface area contributed by atoms with Gasteiger partial charge in [-0.3, -0.25) is 0 Å². The molecule has 0 fully saturated rings. The molecule has 0 spiro atoms. The van der Waals surface area contributed by atoms with Gasteiger partial charge >= 0.3 is 0 Å². The van der Waals surface area contributed by atoms with E-state index < -0.39 is 0 Å². The molecule has 0 saturated carbocycles. The Kier molecular flexibility index (Phi) is 4.81. The van der Waals surface area contributed by atoms with Crippen molar-refractivity contribution in [1.82, 2.24) is 9.36 Å². The van der Waals surface area contributed by atoms with Crippen molar-refractivity contribution in [2.24, 2.45) is 0 Å². The number of nitrogens with zero attached hydrogens (tertiary/aromatic N) is 2. The van der Waals surface area contributed by atoms with Crippen molar-refractivity contribution in [2.75, 3.05) is 11.1 Å². The highest BCUT2D eigenvalue weighted by atomic mass is 79.9. The van der Waals surface area contributed by atoms with Crippen LogP contribution < -0.4 is 0 Å². The van der Waals surface area contributed by atoms with Crippen LogP contribution in [0, 0.1) is 0 Å². The van der Waals surface area contributed by atoms with Gasteiger partial charge in [0.25, 0.3) is 0 Å². The molecule has 1 aromatic carbocycles. The largest absolute Gasteiger partial charge is 0.216 e. The van der Waals surface area contributed by atoms with Crippen LogP contribution in [0.2, 0.25) is 0 Å². The molecule has 0 N–H and O–H groups in total. The van der Waals surface area contributed by atoms with E-state index >= 15 is 0 Å². The zero-order valence-electron chi connectivity index (χ0n) is 8.54. The van der Waals surface area contributed by atoms with Gasteiger partial charge in [-0.15, -0.1) is 0 Å². The molecule has 0 radical (unpaired) electrons. The Morgan fingerprint density at radius 2 is 2.12 bits per heavy atom. The van der Waals surface area contributed by atoms with Gasteiger partial charge in [0.1, 0.15) is 6.33 Å². The van der Waals surface area contributed by atoms with E-state index in [1.807, 2.05) is 6.07 Å². The molecule has 1 aromatic heterocycles. The van der Waals surface area contributed by atoms with Crippen molar-refractivity contribution in [2.45, 2.75) is 10.3 Å². The molecule has 2 aromatic rings. The predicted octanol–water partition coefficient (Wildman–Crippen LogP) is 3.81. The molecule has 0 aliphatic rings. The summed E-state index contributed by atoms with van der Waals surface area (Å²) in [5.41, 5.74) is 1.37. The molecular formula is C11H11BrN2S2. The lowest BCUT2D eigenvalue weighted by molar-refractivity contribution is 0.901. The number of hydrogen-bond donors (Lipinski definition) is 0. The summed E-state index contributed by atoms with van der Waals surface area (Å²) < 4.78 is 5.04. The van der Waals surface area contributed by atoms with Crippen molar-refractivity contribution < 1.29 is 0 Å². The SMILES string of the molecule is BrCC(CSc1ncns1)c1ccccc1. The van der Waals surface area contributed by atoms with Crippen LogP contribution in [0.25, 0.3) is 0 Å². The molecule has 1 heterocycles. The van der Waals surface area contributed by atoms with Gasteiger partial charge in [-0.25, -0.2) is 4.98 Å². The van der Waals surface area contributed by atoms with Gasteiger partial charge in [0, 0.05) is 17.0 Å². The summed E-state index contributed by atoms with van der Waals surface area (Å²) in [6.45, 7) is 0. The molecular weight excluding hydrogens is 304 g/mol. The van der Waals surface area contributed by atoms with E-state index in [4.69, 9.17) is 0 Å². The molecule has 1 atom stereocenters. The van der Waals surface area contributed by atoms with E-state index in [-0.39, 0.29) is 0 Å². The van der Waals surface area contributed by atoms with Crippen LogP contribution in [0.1, 0.15) is 11.5 Å². The lowest BCUT2D eigenvalue weighted by Gasteiger charge is -2.12. The van der Waals surface area contributed by atoms with E-state index in [0.29, 0.717) is 5.92 Å². The lowest BCUT2D eigenvalue weighted by atomic mass is 10.0. The molecule has 0 bridgehead atoms. The minimum absolute atomic E-state index is 0.523. The molecule has 2 nitrogen and oxygen atoms in total. The highest BCUT2D eigenvalue weighted by Crippen LogP contribution is 2.27. The fourth-order valence-electron chi connectivity index (χ4n) is 1.35. The third-order valence-corrected chi connectivity index (χ3v) is 4.95. The number of halogens is 1. The first-order valence-corrected chi connectivity index (χ1v) is 7.78. The lowest BCUT2D eigenvalue weighted by Crippen LogP contribution is -2.03. The second-order valence-electron chi connectivity index (χ2n) is 3.28. The van der Waals surface area contributed by atoms with Crippen LogP contribution in [0.3, 0.4) is 0 Å². The first-order valence-electron chi connectivity index (χ1n) is 4.90. The molecule has 1 unspecified atom stereocenters. The molecule has 0 aliphatic carbocycles. The number of hydrogen-bond acceptors (Lipinski definition) is 4. The fourth-order valence-corrected chi connectivity index (χ4v) is 3.86. The zero-order valence-corrected chi connectivity index (χ0v) is 11.8. The summed E-state index contributed by atoms with van der Waals surface area (Å²) in [6, 6.07) is 10.6. The van der Waals surface area contributed by atoms with Crippen LogP contribution in [0.5, 0.6) is 0 Å². The number of rotatable bonds is 5. The van der Waals surface area contributed by atoms with Gasteiger partial charge in [0.05, 0.1) is 0 Å². The van der Waals surface area contributed by atoms with Crippen molar-refractivity contribution in [3.8, 4) is 0 Å². The fraction of sp³-hybridized carbons (Fsp3) is 0.273. The molecule has 0 aliphatic heterocycles. The summed E-state index contributed by atoms with van der Waals surface area (Å²) in [5.74, 6) is 1.56. The average molecular weight is 315 g/mol. The Labute approximate surface area is 112 Å². The third-order valence-electron chi connectivity index (χ3n) is 2.21. The minimum Gasteiger partial charge on any atom is -0.216 e. The Bertz CT molecular complexity index is 405. The van der Waals surface area contributed by atoms with Crippen molar-refractivity contribution in [1.29, 1.82) is 0 Å². The standard InChI is InChI=1S/C11H11BrN2S2/c12-6-10(9-4-2-1-3-5-9)7-15-11-13-8-14-16-11/h1-5,8,10H,6-7H2. The van der Waals surface area contributed by atoms with E-state index in [0.717, 1.165) is 15.4 Å². The van der Waals surface area contributed by atoms with Gasteiger partial charge in [-0.1, -0.05) is 58.0 Å². The summed E-state index contributed by atoms with van der Waals surface area (Å²) in [6.07, 6.45) is 1.61. The maximum Gasteiger partial charge on any atom is 0.169 e. The van der Waals surface area contributed by atoms with Crippen molar-refractivity contribution >= 4 is 39.2 Å². The third kappa shape index (κ3) is 3.30. The van der Waals surface area contributed by atoms with E-state index in [9.17, 15) is 0 Å².